The van der Waals surface area contributed by atoms with Crippen LogP contribution in [-0.4, -0.2) is 55.5 Å². The fourth-order valence-corrected chi connectivity index (χ4v) is 4.55. The van der Waals surface area contributed by atoms with Gasteiger partial charge in [-0.1, -0.05) is 48.5 Å². The topological polar surface area (TPSA) is 62.2 Å². The van der Waals surface area contributed by atoms with Crippen LogP contribution in [0.5, 0.6) is 0 Å². The summed E-state index contributed by atoms with van der Waals surface area (Å²) in [5, 5.41) is 11.6. The van der Waals surface area contributed by atoms with Gasteiger partial charge in [-0.3, -0.25) is 4.90 Å². The van der Waals surface area contributed by atoms with Crippen LogP contribution in [0.25, 0.3) is 0 Å². The Morgan fingerprint density at radius 2 is 1.72 bits per heavy atom. The molecule has 4 rings (SSSR count). The van der Waals surface area contributed by atoms with E-state index in [-0.39, 0.29) is 24.8 Å². The van der Waals surface area contributed by atoms with E-state index in [1.807, 2.05) is 73.6 Å². The second kappa shape index (κ2) is 8.05. The molecular weight excluding hydrogens is 368 g/mol. The number of ether oxygens (including phenoxy) is 2. The second-order valence-corrected chi connectivity index (χ2v) is 8.14. The molecule has 2 unspecified atom stereocenters. The number of aliphatic hydroxyl groups is 1. The predicted molar refractivity (Wildman–Crippen MR) is 111 cm³/mol. The fraction of sp³-hybridized carbons (Fsp3) is 0.435. The summed E-state index contributed by atoms with van der Waals surface area (Å²) in [4.78, 5) is 16.7. The Bertz CT molecular complexity index is 841. The first-order valence-corrected chi connectivity index (χ1v) is 10.0. The third-order valence-electron chi connectivity index (χ3n) is 5.86. The van der Waals surface area contributed by atoms with E-state index >= 15 is 0 Å². The van der Waals surface area contributed by atoms with Crippen LogP contribution in [0.1, 0.15) is 24.0 Å². The summed E-state index contributed by atoms with van der Waals surface area (Å²) >= 11 is 0. The first-order valence-electron chi connectivity index (χ1n) is 10.0. The van der Waals surface area contributed by atoms with Crippen molar-refractivity contribution >= 4 is 11.8 Å². The summed E-state index contributed by atoms with van der Waals surface area (Å²) in [5.41, 5.74) is 1.85. The highest BCUT2D eigenvalue weighted by atomic mass is 16.6. The molecule has 1 amide bonds. The number of rotatable bonds is 4. The molecule has 2 heterocycles. The number of fused-ring (bicyclic) bond motifs is 2. The monoisotopic (exact) mass is 396 g/mol. The summed E-state index contributed by atoms with van der Waals surface area (Å²) in [5.74, 6) is 0. The maximum absolute atomic E-state index is 12.9. The van der Waals surface area contributed by atoms with Gasteiger partial charge < -0.3 is 19.5 Å². The van der Waals surface area contributed by atoms with E-state index in [1.54, 1.807) is 4.90 Å². The molecule has 0 saturated carbocycles. The Morgan fingerprint density at radius 1 is 1.10 bits per heavy atom. The summed E-state index contributed by atoms with van der Waals surface area (Å²) < 4.78 is 11.3. The van der Waals surface area contributed by atoms with Crippen molar-refractivity contribution in [2.45, 2.75) is 37.1 Å². The normalized spacial score (nSPS) is 26.1. The van der Waals surface area contributed by atoms with Gasteiger partial charge in [0.1, 0.15) is 6.61 Å². The number of para-hydroxylation sites is 1. The maximum Gasteiger partial charge on any atom is 0.410 e. The van der Waals surface area contributed by atoms with Gasteiger partial charge in [0.05, 0.1) is 30.9 Å². The van der Waals surface area contributed by atoms with Gasteiger partial charge in [0, 0.05) is 38.2 Å². The smallest absolute Gasteiger partial charge is 0.410 e. The van der Waals surface area contributed by atoms with Crippen LogP contribution in [0.2, 0.25) is 0 Å². The van der Waals surface area contributed by atoms with Crippen molar-refractivity contribution in [2.24, 2.45) is 0 Å². The van der Waals surface area contributed by atoms with Crippen molar-refractivity contribution in [3.63, 3.8) is 0 Å². The molecule has 0 radical (unpaired) electrons. The Hall–Kier alpha value is -2.57. The Labute approximate surface area is 171 Å². The summed E-state index contributed by atoms with van der Waals surface area (Å²) in [7, 11) is 3.95. The quantitative estimate of drug-likeness (QED) is 0.860. The largest absolute Gasteiger partial charge is 0.445 e. The number of carbonyl (C=O) groups is 1. The third-order valence-corrected chi connectivity index (χ3v) is 5.86. The lowest BCUT2D eigenvalue weighted by atomic mass is 9.76. The summed E-state index contributed by atoms with van der Waals surface area (Å²) in [6.07, 6.45) is 0.513. The third kappa shape index (κ3) is 3.95. The molecule has 0 aromatic heterocycles. The van der Waals surface area contributed by atoms with Gasteiger partial charge >= 0.3 is 6.09 Å². The first-order chi connectivity index (χ1) is 14.0. The highest BCUT2D eigenvalue weighted by Gasteiger charge is 2.50. The zero-order valence-corrected chi connectivity index (χ0v) is 17.0. The average molecular weight is 396 g/mol. The number of morpholine rings is 1. The maximum atomic E-state index is 12.9. The van der Waals surface area contributed by atoms with Gasteiger partial charge in [0.15, 0.2) is 0 Å². The van der Waals surface area contributed by atoms with E-state index < -0.39 is 5.60 Å². The van der Waals surface area contributed by atoms with Crippen molar-refractivity contribution in [3.8, 4) is 0 Å². The Balaban J connectivity index is 1.53. The zero-order chi connectivity index (χ0) is 20.4. The van der Waals surface area contributed by atoms with Crippen LogP contribution in [-0.2, 0) is 21.7 Å². The molecule has 2 saturated heterocycles. The average Bonchev–Trinajstić information content (AvgIpc) is 2.72. The van der Waals surface area contributed by atoms with E-state index in [1.165, 1.54) is 0 Å². The van der Waals surface area contributed by atoms with E-state index in [4.69, 9.17) is 9.47 Å². The number of hydrogen-bond donors (Lipinski definition) is 1. The lowest BCUT2D eigenvalue weighted by Gasteiger charge is -2.51. The second-order valence-electron chi connectivity index (χ2n) is 8.14. The summed E-state index contributed by atoms with van der Waals surface area (Å²) in [6.45, 7) is 1.05. The number of hydrogen-bond acceptors (Lipinski definition) is 5. The SMILES string of the molecule is CN(C)c1ccccc1C1(O)CC2COCC(C1)N2C(=O)OCc1ccccc1. The van der Waals surface area contributed by atoms with Gasteiger partial charge in [-0.05, 0) is 11.6 Å². The van der Waals surface area contributed by atoms with Gasteiger partial charge in [0.2, 0.25) is 0 Å². The molecule has 29 heavy (non-hydrogen) atoms. The van der Waals surface area contributed by atoms with Crippen LogP contribution in [0.4, 0.5) is 10.5 Å². The minimum Gasteiger partial charge on any atom is -0.445 e. The number of carbonyl (C=O) groups excluding carboxylic acids is 1. The number of amides is 1. The van der Waals surface area contributed by atoms with Gasteiger partial charge in [-0.25, -0.2) is 4.79 Å². The lowest BCUT2D eigenvalue weighted by Crippen LogP contribution is -2.62. The molecule has 0 aliphatic carbocycles. The molecule has 6 heteroatoms. The molecule has 2 aliphatic heterocycles. The zero-order valence-electron chi connectivity index (χ0n) is 17.0. The number of nitrogens with zero attached hydrogens (tertiary/aromatic N) is 2. The molecule has 2 aromatic carbocycles. The molecular formula is C23H28N2O4. The minimum absolute atomic E-state index is 0.217. The van der Waals surface area contributed by atoms with Crippen molar-refractivity contribution in [1.29, 1.82) is 0 Å². The van der Waals surface area contributed by atoms with Crippen LogP contribution in [0.15, 0.2) is 54.6 Å². The molecule has 2 bridgehead atoms. The van der Waals surface area contributed by atoms with Crippen molar-refractivity contribution in [3.05, 3.63) is 65.7 Å². The fourth-order valence-electron chi connectivity index (χ4n) is 4.55. The van der Waals surface area contributed by atoms with Crippen molar-refractivity contribution in [1.82, 2.24) is 4.90 Å². The lowest BCUT2D eigenvalue weighted by molar-refractivity contribution is -0.136. The standard InChI is InChI=1S/C23H28N2O4/c1-24(2)21-11-7-6-10-20(21)23(27)12-18-15-28-16-19(13-23)25(18)22(26)29-14-17-8-4-3-5-9-17/h3-11,18-19,27H,12-16H2,1-2H3. The van der Waals surface area contributed by atoms with Crippen molar-refractivity contribution < 1.29 is 19.4 Å². The van der Waals surface area contributed by atoms with Gasteiger partial charge in [-0.2, -0.15) is 0 Å². The predicted octanol–water partition coefficient (Wildman–Crippen LogP) is 3.14. The number of piperidine rings is 1. The van der Waals surface area contributed by atoms with Gasteiger partial charge in [0.25, 0.3) is 0 Å². The molecule has 2 atom stereocenters. The van der Waals surface area contributed by atoms with E-state index in [0.29, 0.717) is 26.1 Å². The van der Waals surface area contributed by atoms with Crippen LogP contribution in [0.3, 0.4) is 0 Å². The van der Waals surface area contributed by atoms with Crippen LogP contribution < -0.4 is 4.90 Å². The molecule has 1 N–H and O–H groups in total. The molecule has 2 aromatic rings. The molecule has 154 valence electrons. The Morgan fingerprint density at radius 3 is 2.38 bits per heavy atom. The number of benzene rings is 2. The highest BCUT2D eigenvalue weighted by Crippen LogP contribution is 2.44. The van der Waals surface area contributed by atoms with E-state index in [0.717, 1.165) is 16.8 Å². The summed E-state index contributed by atoms with van der Waals surface area (Å²) in [6, 6.07) is 17.1. The van der Waals surface area contributed by atoms with Crippen molar-refractivity contribution in [2.75, 3.05) is 32.2 Å². The minimum atomic E-state index is -1.00. The molecule has 2 fully saturated rings. The number of anilines is 1. The Kier molecular flexibility index (Phi) is 5.48. The van der Waals surface area contributed by atoms with Crippen LogP contribution >= 0.6 is 0 Å². The van der Waals surface area contributed by atoms with E-state index in [9.17, 15) is 9.90 Å². The van der Waals surface area contributed by atoms with Crippen LogP contribution in [0, 0.1) is 0 Å². The highest BCUT2D eigenvalue weighted by molar-refractivity contribution is 5.69. The molecule has 2 aliphatic rings. The van der Waals surface area contributed by atoms with Gasteiger partial charge in [-0.15, -0.1) is 0 Å². The van der Waals surface area contributed by atoms with E-state index in [2.05, 4.69) is 0 Å². The first kappa shape index (κ1) is 19.7. The molecule has 0 spiro atoms. The molecule has 6 nitrogen and oxygen atoms in total.